The van der Waals surface area contributed by atoms with Crippen molar-refractivity contribution >= 4 is 29.5 Å². The predicted molar refractivity (Wildman–Crippen MR) is 61.5 cm³/mol. The Morgan fingerprint density at radius 2 is 2.18 bits per heavy atom. The van der Waals surface area contributed by atoms with Crippen LogP contribution < -0.4 is 11.5 Å². The normalized spacial score (nSPS) is 10.5. The Bertz CT molecular complexity index is 513. The van der Waals surface area contributed by atoms with E-state index in [4.69, 9.17) is 23.1 Å². The molecule has 0 aliphatic heterocycles. The third-order valence-electron chi connectivity index (χ3n) is 1.63. The molecule has 0 amide bonds. The van der Waals surface area contributed by atoms with Crippen LogP contribution in [0.3, 0.4) is 0 Å². The molecule has 0 saturated heterocycles. The summed E-state index contributed by atoms with van der Waals surface area (Å²) in [5.74, 6) is -1.08. The molecule has 9 heteroatoms. The van der Waals surface area contributed by atoms with Gasteiger partial charge in [0.25, 0.3) is 5.69 Å². The minimum atomic E-state index is -0.768. The highest BCUT2D eigenvalue weighted by Crippen LogP contribution is 2.26. The molecule has 0 saturated carbocycles. The van der Waals surface area contributed by atoms with Gasteiger partial charge < -0.3 is 11.5 Å². The fourth-order valence-electron chi connectivity index (χ4n) is 0.950. The number of nitro groups is 1. The van der Waals surface area contributed by atoms with Gasteiger partial charge in [0.05, 0.1) is 11.1 Å². The summed E-state index contributed by atoms with van der Waals surface area (Å²) in [6.45, 7) is 0. The number of halogens is 2. The summed E-state index contributed by atoms with van der Waals surface area (Å²) in [6, 6.07) is 1.75. The van der Waals surface area contributed by atoms with E-state index in [2.05, 4.69) is 10.2 Å². The third-order valence-corrected chi connectivity index (χ3v) is 1.94. The molecule has 0 aliphatic rings. The molecule has 4 N–H and O–H groups in total. The summed E-state index contributed by atoms with van der Waals surface area (Å²) in [7, 11) is 0. The van der Waals surface area contributed by atoms with Crippen LogP contribution in [0, 0.1) is 15.9 Å². The van der Waals surface area contributed by atoms with Crippen molar-refractivity contribution < 1.29 is 9.31 Å². The smallest absolute Gasteiger partial charge is 0.288 e. The lowest BCUT2D eigenvalue weighted by Crippen LogP contribution is -2.21. The Morgan fingerprint density at radius 1 is 1.53 bits per heavy atom. The van der Waals surface area contributed by atoms with E-state index < -0.39 is 16.4 Å². The number of benzene rings is 1. The molecule has 0 radical (unpaired) electrons. The van der Waals surface area contributed by atoms with Gasteiger partial charge in [-0.15, -0.1) is 5.10 Å². The molecule has 1 aromatic carbocycles. The zero-order valence-corrected chi connectivity index (χ0v) is 9.06. The molecular formula is C8H7ClFN5O2. The van der Waals surface area contributed by atoms with Gasteiger partial charge in [0.1, 0.15) is 10.8 Å². The number of hydrogen-bond donors (Lipinski definition) is 2. The van der Waals surface area contributed by atoms with Crippen molar-refractivity contribution in [1.29, 1.82) is 0 Å². The maximum absolute atomic E-state index is 13.3. The first-order valence-electron chi connectivity index (χ1n) is 4.17. The Hall–Kier alpha value is -2.22. The minimum Gasteiger partial charge on any atom is -0.369 e. The van der Waals surface area contributed by atoms with Crippen molar-refractivity contribution in [2.75, 3.05) is 0 Å². The SMILES string of the molecule is NC(N)=NN=Cc1cc([N+](=O)[O-])c(Cl)cc1F. The van der Waals surface area contributed by atoms with E-state index >= 15 is 0 Å². The molecule has 0 spiro atoms. The van der Waals surface area contributed by atoms with Crippen molar-refractivity contribution in [2.45, 2.75) is 0 Å². The average molecular weight is 260 g/mol. The number of nitrogens with zero attached hydrogens (tertiary/aromatic N) is 3. The van der Waals surface area contributed by atoms with Crippen LogP contribution in [0.2, 0.25) is 5.02 Å². The van der Waals surface area contributed by atoms with E-state index in [9.17, 15) is 14.5 Å². The van der Waals surface area contributed by atoms with Gasteiger partial charge in [-0.3, -0.25) is 10.1 Å². The van der Waals surface area contributed by atoms with E-state index in [1.54, 1.807) is 0 Å². The number of nitrogens with two attached hydrogens (primary N) is 2. The van der Waals surface area contributed by atoms with Gasteiger partial charge in [0.2, 0.25) is 5.96 Å². The number of hydrogen-bond acceptors (Lipinski definition) is 4. The summed E-state index contributed by atoms with van der Waals surface area (Å²) in [4.78, 5) is 9.82. The summed E-state index contributed by atoms with van der Waals surface area (Å²) >= 11 is 5.49. The fourth-order valence-corrected chi connectivity index (χ4v) is 1.17. The number of guanidine groups is 1. The van der Waals surface area contributed by atoms with E-state index in [0.29, 0.717) is 0 Å². The molecule has 0 unspecified atom stereocenters. The first-order valence-corrected chi connectivity index (χ1v) is 4.55. The molecule has 1 rings (SSSR count). The summed E-state index contributed by atoms with van der Waals surface area (Å²) in [6.07, 6.45) is 0.943. The first-order chi connectivity index (χ1) is 7.91. The molecule has 0 heterocycles. The molecule has 0 bridgehead atoms. The lowest BCUT2D eigenvalue weighted by molar-refractivity contribution is -0.384. The molecule has 0 aromatic heterocycles. The number of nitro benzene ring substituents is 1. The Balaban J connectivity index is 3.17. The second kappa shape index (κ2) is 5.21. The van der Waals surface area contributed by atoms with Crippen LogP contribution in [-0.4, -0.2) is 17.1 Å². The van der Waals surface area contributed by atoms with Crippen LogP contribution in [0.4, 0.5) is 10.1 Å². The van der Waals surface area contributed by atoms with Gasteiger partial charge in [-0.25, -0.2) is 4.39 Å². The van der Waals surface area contributed by atoms with Crippen molar-refractivity contribution in [3.8, 4) is 0 Å². The molecule has 0 fully saturated rings. The van der Waals surface area contributed by atoms with Crippen LogP contribution in [-0.2, 0) is 0 Å². The summed E-state index contributed by atoms with van der Waals surface area (Å²) in [5.41, 5.74) is 9.40. The molecular weight excluding hydrogens is 253 g/mol. The van der Waals surface area contributed by atoms with Gasteiger partial charge in [-0.2, -0.15) is 5.10 Å². The Morgan fingerprint density at radius 3 is 2.71 bits per heavy atom. The van der Waals surface area contributed by atoms with Crippen molar-refractivity contribution in [3.05, 3.63) is 38.7 Å². The fraction of sp³-hybridized carbons (Fsp3) is 0. The quantitative estimate of drug-likeness (QED) is 0.364. The Labute approximate surface area is 99.7 Å². The zero-order valence-electron chi connectivity index (χ0n) is 8.30. The topological polar surface area (TPSA) is 120 Å². The second-order valence-electron chi connectivity index (χ2n) is 2.85. The maximum Gasteiger partial charge on any atom is 0.288 e. The highest BCUT2D eigenvalue weighted by Gasteiger charge is 2.15. The van der Waals surface area contributed by atoms with Crippen molar-refractivity contribution in [1.82, 2.24) is 0 Å². The highest BCUT2D eigenvalue weighted by atomic mass is 35.5. The van der Waals surface area contributed by atoms with E-state index in [0.717, 1.165) is 18.3 Å². The lowest BCUT2D eigenvalue weighted by atomic mass is 10.2. The predicted octanol–water partition coefficient (Wildman–Crippen LogP) is 0.995. The van der Waals surface area contributed by atoms with Gasteiger partial charge in [0.15, 0.2) is 0 Å². The van der Waals surface area contributed by atoms with Gasteiger partial charge in [-0.1, -0.05) is 11.6 Å². The first kappa shape index (κ1) is 12.8. The maximum atomic E-state index is 13.3. The third kappa shape index (κ3) is 3.38. The van der Waals surface area contributed by atoms with Gasteiger partial charge >= 0.3 is 0 Å². The average Bonchev–Trinajstić information content (AvgIpc) is 2.20. The van der Waals surface area contributed by atoms with Crippen LogP contribution in [0.5, 0.6) is 0 Å². The number of rotatable bonds is 3. The molecule has 17 heavy (non-hydrogen) atoms. The van der Waals surface area contributed by atoms with Crippen LogP contribution in [0.25, 0.3) is 0 Å². The standard InChI is InChI=1S/C8H7ClFN5O2/c9-5-2-6(10)4(1-7(5)15(16)17)3-13-14-8(11)12/h1-3H,(H4,11,12,14). The van der Waals surface area contributed by atoms with E-state index in [1.165, 1.54) is 0 Å². The van der Waals surface area contributed by atoms with Crippen LogP contribution in [0.1, 0.15) is 5.56 Å². The molecule has 7 nitrogen and oxygen atoms in total. The second-order valence-corrected chi connectivity index (χ2v) is 3.26. The molecule has 0 aliphatic carbocycles. The Kier molecular flexibility index (Phi) is 3.94. The summed E-state index contributed by atoms with van der Waals surface area (Å²) < 4.78 is 13.3. The van der Waals surface area contributed by atoms with E-state index in [1.807, 2.05) is 0 Å². The largest absolute Gasteiger partial charge is 0.369 e. The lowest BCUT2D eigenvalue weighted by Gasteiger charge is -1.98. The zero-order chi connectivity index (χ0) is 13.0. The summed E-state index contributed by atoms with van der Waals surface area (Å²) in [5, 5.41) is 16.8. The molecule has 1 aromatic rings. The van der Waals surface area contributed by atoms with E-state index in [-0.39, 0.29) is 16.5 Å². The van der Waals surface area contributed by atoms with Crippen LogP contribution >= 0.6 is 11.6 Å². The van der Waals surface area contributed by atoms with Gasteiger partial charge in [0, 0.05) is 17.7 Å². The van der Waals surface area contributed by atoms with Crippen molar-refractivity contribution in [2.24, 2.45) is 21.7 Å². The molecule has 0 atom stereocenters. The van der Waals surface area contributed by atoms with Gasteiger partial charge in [-0.05, 0) is 0 Å². The highest BCUT2D eigenvalue weighted by molar-refractivity contribution is 6.32. The minimum absolute atomic E-state index is 0.147. The van der Waals surface area contributed by atoms with Crippen molar-refractivity contribution in [3.63, 3.8) is 0 Å². The molecule has 90 valence electrons. The monoisotopic (exact) mass is 259 g/mol. The van der Waals surface area contributed by atoms with Crippen LogP contribution in [0.15, 0.2) is 22.3 Å².